The van der Waals surface area contributed by atoms with Crippen LogP contribution in [0, 0.1) is 11.3 Å². The third-order valence-corrected chi connectivity index (χ3v) is 4.04. The summed E-state index contributed by atoms with van der Waals surface area (Å²) in [6, 6.07) is 8.74. The average molecular weight is 343 g/mol. The predicted molar refractivity (Wildman–Crippen MR) is 93.6 cm³/mol. The molecule has 0 bridgehead atoms. The van der Waals surface area contributed by atoms with Crippen molar-refractivity contribution < 1.29 is 14.3 Å². The number of hydrogen-bond donors (Lipinski definition) is 0. The zero-order chi connectivity index (χ0) is 18.6. The third kappa shape index (κ3) is 4.96. The van der Waals surface area contributed by atoms with Gasteiger partial charge in [0.15, 0.2) is 0 Å². The molecule has 1 unspecified atom stereocenters. The minimum atomic E-state index is -0.582. The number of rotatable bonds is 3. The monoisotopic (exact) mass is 343 g/mol. The molecular weight excluding hydrogens is 318 g/mol. The lowest BCUT2D eigenvalue weighted by atomic mass is 10.1. The van der Waals surface area contributed by atoms with Gasteiger partial charge >= 0.3 is 6.09 Å². The number of hydrogen-bond acceptors (Lipinski definition) is 4. The minimum absolute atomic E-state index is 0.0901. The summed E-state index contributed by atoms with van der Waals surface area (Å²) in [5.41, 5.74) is 0.947. The van der Waals surface area contributed by atoms with Crippen LogP contribution in [-0.4, -0.2) is 47.0 Å². The second-order valence-electron chi connectivity index (χ2n) is 7.33. The molecule has 1 atom stereocenters. The second kappa shape index (κ2) is 7.56. The molecule has 1 heterocycles. The topological polar surface area (TPSA) is 73.6 Å². The average Bonchev–Trinajstić information content (AvgIpc) is 3.03. The second-order valence-corrected chi connectivity index (χ2v) is 7.33. The Labute approximate surface area is 149 Å². The third-order valence-electron chi connectivity index (χ3n) is 4.04. The number of likely N-dealkylation sites (tertiary alicyclic amines) is 1. The van der Waals surface area contributed by atoms with Gasteiger partial charge in [-0.25, -0.2) is 4.79 Å². The zero-order valence-corrected chi connectivity index (χ0v) is 15.3. The molecule has 0 saturated carbocycles. The predicted octanol–water partition coefficient (Wildman–Crippen LogP) is 2.92. The Bertz CT molecular complexity index is 671. The van der Waals surface area contributed by atoms with Crippen molar-refractivity contribution in [1.29, 1.82) is 5.26 Å². The number of nitrogens with zero attached hydrogens (tertiary/aromatic N) is 3. The van der Waals surface area contributed by atoms with Gasteiger partial charge in [0.05, 0.1) is 11.6 Å². The molecule has 0 aromatic heterocycles. The molecule has 0 radical (unpaired) electrons. The fourth-order valence-electron chi connectivity index (χ4n) is 2.85. The highest BCUT2D eigenvalue weighted by molar-refractivity contribution is 5.86. The van der Waals surface area contributed by atoms with Crippen LogP contribution < -0.4 is 0 Å². The first-order valence-corrected chi connectivity index (χ1v) is 8.45. The summed E-state index contributed by atoms with van der Waals surface area (Å²) in [6.07, 6.45) is 1.01. The van der Waals surface area contributed by atoms with E-state index in [1.807, 2.05) is 32.9 Å². The number of amides is 2. The lowest BCUT2D eigenvalue weighted by Gasteiger charge is -2.30. The molecule has 1 aromatic carbocycles. The van der Waals surface area contributed by atoms with Crippen LogP contribution >= 0.6 is 0 Å². The molecule has 2 amide bonds. The Hall–Kier alpha value is -2.55. The van der Waals surface area contributed by atoms with Gasteiger partial charge in [-0.05, 0) is 51.3 Å². The normalized spacial score (nSPS) is 17.1. The van der Waals surface area contributed by atoms with Gasteiger partial charge in [-0.2, -0.15) is 5.26 Å². The number of likely N-dealkylation sites (N-methyl/N-ethyl adjacent to an activating group) is 1. The van der Waals surface area contributed by atoms with Crippen LogP contribution in [-0.2, 0) is 16.1 Å². The van der Waals surface area contributed by atoms with Crippen molar-refractivity contribution in [2.24, 2.45) is 0 Å². The van der Waals surface area contributed by atoms with Crippen molar-refractivity contribution in [2.75, 3.05) is 13.6 Å². The van der Waals surface area contributed by atoms with Gasteiger partial charge in [0, 0.05) is 20.1 Å². The van der Waals surface area contributed by atoms with Crippen molar-refractivity contribution in [1.82, 2.24) is 9.80 Å². The summed E-state index contributed by atoms with van der Waals surface area (Å²) < 4.78 is 5.41. The van der Waals surface area contributed by atoms with Crippen LogP contribution in [0.4, 0.5) is 4.79 Å². The Kier molecular flexibility index (Phi) is 5.68. The van der Waals surface area contributed by atoms with E-state index in [0.717, 1.165) is 12.0 Å². The molecule has 1 fully saturated rings. The fourth-order valence-corrected chi connectivity index (χ4v) is 2.85. The van der Waals surface area contributed by atoms with Crippen LogP contribution in [0.2, 0.25) is 0 Å². The Morgan fingerprint density at radius 1 is 1.32 bits per heavy atom. The molecule has 1 saturated heterocycles. The molecule has 1 aromatic rings. The van der Waals surface area contributed by atoms with E-state index in [0.29, 0.717) is 25.1 Å². The summed E-state index contributed by atoms with van der Waals surface area (Å²) in [4.78, 5) is 28.3. The molecule has 6 nitrogen and oxygen atoms in total. The molecule has 1 aliphatic heterocycles. The summed E-state index contributed by atoms with van der Waals surface area (Å²) in [7, 11) is 1.73. The van der Waals surface area contributed by atoms with Crippen LogP contribution in [0.1, 0.15) is 44.7 Å². The molecular formula is C19H25N3O3. The Morgan fingerprint density at radius 2 is 1.96 bits per heavy atom. The summed E-state index contributed by atoms with van der Waals surface area (Å²) in [6.45, 7) is 6.41. The maximum atomic E-state index is 12.8. The molecule has 0 aliphatic carbocycles. The number of carbonyl (C=O) groups excluding carboxylic acids is 2. The number of benzene rings is 1. The van der Waals surface area contributed by atoms with Crippen LogP contribution in [0.5, 0.6) is 0 Å². The van der Waals surface area contributed by atoms with Gasteiger partial charge in [0.25, 0.3) is 0 Å². The smallest absolute Gasteiger partial charge is 0.410 e. The van der Waals surface area contributed by atoms with Crippen LogP contribution in [0.25, 0.3) is 0 Å². The van der Waals surface area contributed by atoms with Crippen LogP contribution in [0.3, 0.4) is 0 Å². The van der Waals surface area contributed by atoms with Gasteiger partial charge in [0.2, 0.25) is 5.91 Å². The molecule has 1 aliphatic rings. The Balaban J connectivity index is 2.02. The van der Waals surface area contributed by atoms with Crippen molar-refractivity contribution in [3.8, 4) is 6.07 Å². The quantitative estimate of drug-likeness (QED) is 0.846. The summed E-state index contributed by atoms with van der Waals surface area (Å²) in [5, 5.41) is 8.84. The van der Waals surface area contributed by atoms with Crippen LogP contribution in [0.15, 0.2) is 24.3 Å². The van der Waals surface area contributed by atoms with Gasteiger partial charge in [-0.3, -0.25) is 9.69 Å². The van der Waals surface area contributed by atoms with Crippen molar-refractivity contribution in [3.05, 3.63) is 35.4 Å². The molecule has 25 heavy (non-hydrogen) atoms. The first-order valence-electron chi connectivity index (χ1n) is 8.45. The lowest BCUT2D eigenvalue weighted by Crippen LogP contribution is -2.47. The van der Waals surface area contributed by atoms with Gasteiger partial charge in [-0.15, -0.1) is 0 Å². The summed E-state index contributed by atoms with van der Waals surface area (Å²) in [5.74, 6) is -0.0901. The maximum absolute atomic E-state index is 12.8. The highest BCUT2D eigenvalue weighted by Gasteiger charge is 2.37. The highest BCUT2D eigenvalue weighted by atomic mass is 16.6. The highest BCUT2D eigenvalue weighted by Crippen LogP contribution is 2.22. The summed E-state index contributed by atoms with van der Waals surface area (Å²) >= 11 is 0. The van der Waals surface area contributed by atoms with E-state index in [2.05, 4.69) is 6.07 Å². The Morgan fingerprint density at radius 3 is 2.52 bits per heavy atom. The number of nitriles is 1. The molecule has 2 rings (SSSR count). The molecule has 6 heteroatoms. The van der Waals surface area contributed by atoms with Gasteiger partial charge in [-0.1, -0.05) is 12.1 Å². The van der Waals surface area contributed by atoms with Crippen molar-refractivity contribution >= 4 is 12.0 Å². The van der Waals surface area contributed by atoms with E-state index >= 15 is 0 Å². The van der Waals surface area contributed by atoms with Crippen molar-refractivity contribution in [3.63, 3.8) is 0 Å². The van der Waals surface area contributed by atoms with E-state index < -0.39 is 17.7 Å². The number of ether oxygens (including phenoxy) is 1. The van der Waals surface area contributed by atoms with Crippen molar-refractivity contribution in [2.45, 2.75) is 51.8 Å². The molecule has 0 N–H and O–H groups in total. The van der Waals surface area contributed by atoms with E-state index in [1.54, 1.807) is 24.1 Å². The van der Waals surface area contributed by atoms with E-state index in [9.17, 15) is 9.59 Å². The van der Waals surface area contributed by atoms with E-state index in [4.69, 9.17) is 10.00 Å². The first kappa shape index (κ1) is 18.8. The standard InChI is InChI=1S/C19H25N3O3/c1-19(2,3)25-18(24)22-11-5-6-16(22)17(23)21(4)13-15-9-7-14(12-20)8-10-15/h7-10,16H,5-6,11,13H2,1-4H3. The van der Waals surface area contributed by atoms with Gasteiger partial charge in [0.1, 0.15) is 11.6 Å². The minimum Gasteiger partial charge on any atom is -0.444 e. The zero-order valence-electron chi connectivity index (χ0n) is 15.3. The SMILES string of the molecule is CN(Cc1ccc(C#N)cc1)C(=O)C1CCCN1C(=O)OC(C)(C)C. The maximum Gasteiger partial charge on any atom is 0.410 e. The number of carbonyl (C=O) groups is 2. The fraction of sp³-hybridized carbons (Fsp3) is 0.526. The largest absolute Gasteiger partial charge is 0.444 e. The van der Waals surface area contributed by atoms with E-state index in [1.165, 1.54) is 4.90 Å². The molecule has 0 spiro atoms. The lowest BCUT2D eigenvalue weighted by molar-refractivity contribution is -0.135. The first-order chi connectivity index (χ1) is 11.7. The molecule has 134 valence electrons. The van der Waals surface area contributed by atoms with E-state index in [-0.39, 0.29) is 5.91 Å². The van der Waals surface area contributed by atoms with Gasteiger partial charge < -0.3 is 9.64 Å².